The van der Waals surface area contributed by atoms with Gasteiger partial charge in [0, 0.05) is 12.2 Å². The molecule has 0 saturated carbocycles. The largest absolute Gasteiger partial charge is 0.458 e. The van der Waals surface area contributed by atoms with Crippen molar-refractivity contribution in [3.05, 3.63) is 0 Å². The van der Waals surface area contributed by atoms with Crippen LogP contribution >= 0.6 is 11.8 Å². The number of esters is 1. The number of hydrogen-bond acceptors (Lipinski definition) is 4. The Labute approximate surface area is 114 Å². The minimum atomic E-state index is -0.571. The van der Waals surface area contributed by atoms with Crippen LogP contribution in [0, 0.1) is 5.92 Å². The molecule has 0 aromatic carbocycles. The van der Waals surface area contributed by atoms with Crippen LogP contribution in [0.4, 0.5) is 0 Å². The fourth-order valence-corrected chi connectivity index (χ4v) is 1.69. The molecule has 0 aliphatic rings. The van der Waals surface area contributed by atoms with Gasteiger partial charge in [-0.2, -0.15) is 11.8 Å². The molecule has 106 valence electrons. The van der Waals surface area contributed by atoms with Gasteiger partial charge in [-0.3, -0.25) is 4.79 Å². The van der Waals surface area contributed by atoms with Crippen LogP contribution in [0.2, 0.25) is 0 Å². The van der Waals surface area contributed by atoms with Crippen molar-refractivity contribution in [2.24, 2.45) is 5.92 Å². The number of hydrogen-bond donors (Lipinski definition) is 1. The number of thioether (sulfide) groups is 1. The molecule has 0 heterocycles. The molecular formula is C13H25NO3S. The van der Waals surface area contributed by atoms with E-state index in [1.807, 2.05) is 40.9 Å². The van der Waals surface area contributed by atoms with Gasteiger partial charge in [0.15, 0.2) is 0 Å². The molecule has 1 amide bonds. The second kappa shape index (κ2) is 7.67. The lowest BCUT2D eigenvalue weighted by molar-refractivity contribution is -0.160. The summed E-state index contributed by atoms with van der Waals surface area (Å²) in [7, 11) is 0. The van der Waals surface area contributed by atoms with E-state index in [2.05, 4.69) is 5.32 Å². The Balaban J connectivity index is 4.48. The predicted octanol–water partition coefficient (Wildman–Crippen LogP) is 2.22. The van der Waals surface area contributed by atoms with Crippen molar-refractivity contribution in [2.75, 3.05) is 12.0 Å². The molecule has 0 aliphatic carbocycles. The van der Waals surface area contributed by atoms with Crippen LogP contribution in [0.5, 0.6) is 0 Å². The summed E-state index contributed by atoms with van der Waals surface area (Å²) in [5, 5.41) is 2.75. The summed E-state index contributed by atoms with van der Waals surface area (Å²) < 4.78 is 5.31. The van der Waals surface area contributed by atoms with Crippen LogP contribution in [0.15, 0.2) is 0 Å². The van der Waals surface area contributed by atoms with Gasteiger partial charge < -0.3 is 10.1 Å². The second-order valence-corrected chi connectivity index (χ2v) is 6.55. The molecular weight excluding hydrogens is 250 g/mol. The molecule has 4 nitrogen and oxygen atoms in total. The van der Waals surface area contributed by atoms with Crippen molar-refractivity contribution in [1.82, 2.24) is 5.32 Å². The molecule has 0 unspecified atom stereocenters. The zero-order chi connectivity index (χ0) is 14.3. The number of carbonyl (C=O) groups is 2. The Morgan fingerprint density at radius 3 is 2.22 bits per heavy atom. The van der Waals surface area contributed by atoms with Crippen LogP contribution < -0.4 is 5.32 Å². The van der Waals surface area contributed by atoms with Gasteiger partial charge in [-0.25, -0.2) is 4.79 Å². The highest BCUT2D eigenvalue weighted by atomic mass is 32.2. The van der Waals surface area contributed by atoms with Crippen molar-refractivity contribution in [1.29, 1.82) is 0 Å². The zero-order valence-corrected chi connectivity index (χ0v) is 13.0. The van der Waals surface area contributed by atoms with Crippen LogP contribution in [0.1, 0.15) is 41.0 Å². The molecule has 1 N–H and O–H groups in total. The first-order valence-electron chi connectivity index (χ1n) is 6.18. The SMILES string of the molecule is CSCCC(=O)N[C@@H](C(=O)OC(C)(C)C)C(C)C. The van der Waals surface area contributed by atoms with Gasteiger partial charge in [0.05, 0.1) is 0 Å². The highest BCUT2D eigenvalue weighted by Gasteiger charge is 2.28. The lowest BCUT2D eigenvalue weighted by Crippen LogP contribution is -2.47. The maximum absolute atomic E-state index is 12.0. The summed E-state index contributed by atoms with van der Waals surface area (Å²) >= 11 is 1.61. The topological polar surface area (TPSA) is 55.4 Å². The molecule has 0 aliphatic heterocycles. The highest BCUT2D eigenvalue weighted by molar-refractivity contribution is 7.98. The van der Waals surface area contributed by atoms with Crippen LogP contribution in [-0.2, 0) is 14.3 Å². The quantitative estimate of drug-likeness (QED) is 0.755. The molecule has 0 bridgehead atoms. The smallest absolute Gasteiger partial charge is 0.329 e. The van der Waals surface area contributed by atoms with Gasteiger partial charge in [0.2, 0.25) is 5.91 Å². The summed E-state index contributed by atoms with van der Waals surface area (Å²) in [5.41, 5.74) is -0.534. The molecule has 0 rings (SSSR count). The Morgan fingerprint density at radius 2 is 1.83 bits per heavy atom. The minimum absolute atomic E-state index is 0.0121. The minimum Gasteiger partial charge on any atom is -0.458 e. The van der Waals surface area contributed by atoms with E-state index in [0.717, 1.165) is 5.75 Å². The Kier molecular flexibility index (Phi) is 7.36. The van der Waals surface area contributed by atoms with Gasteiger partial charge >= 0.3 is 5.97 Å². The first-order valence-corrected chi connectivity index (χ1v) is 7.58. The number of carbonyl (C=O) groups excluding carboxylic acids is 2. The maximum atomic E-state index is 12.0. The third-order valence-corrected chi connectivity index (χ3v) is 2.79. The fraction of sp³-hybridized carbons (Fsp3) is 0.846. The standard InChI is InChI=1S/C13H25NO3S/c1-9(2)11(12(16)17-13(3,4)5)14-10(15)7-8-18-6/h9,11H,7-8H2,1-6H3,(H,14,15)/t11-/m1/s1. The van der Waals surface area contributed by atoms with E-state index >= 15 is 0 Å². The first kappa shape index (κ1) is 17.3. The molecule has 0 spiro atoms. The first-order chi connectivity index (χ1) is 8.17. The van der Waals surface area contributed by atoms with Gasteiger partial charge in [-0.1, -0.05) is 13.8 Å². The molecule has 0 saturated heterocycles. The molecule has 18 heavy (non-hydrogen) atoms. The Hall–Kier alpha value is -0.710. The average molecular weight is 275 g/mol. The van der Waals surface area contributed by atoms with Crippen molar-refractivity contribution < 1.29 is 14.3 Å². The van der Waals surface area contributed by atoms with E-state index in [1.54, 1.807) is 11.8 Å². The number of rotatable bonds is 6. The Morgan fingerprint density at radius 1 is 1.28 bits per heavy atom. The summed E-state index contributed by atoms with van der Waals surface area (Å²) in [6.07, 6.45) is 2.37. The summed E-state index contributed by atoms with van der Waals surface area (Å²) in [4.78, 5) is 23.6. The summed E-state index contributed by atoms with van der Waals surface area (Å²) in [5.74, 6) is 0.298. The maximum Gasteiger partial charge on any atom is 0.329 e. The van der Waals surface area contributed by atoms with Crippen molar-refractivity contribution in [3.63, 3.8) is 0 Å². The Bertz CT molecular complexity index is 284. The van der Waals surface area contributed by atoms with Gasteiger partial charge in [0.25, 0.3) is 0 Å². The molecule has 0 aromatic heterocycles. The zero-order valence-electron chi connectivity index (χ0n) is 12.2. The molecule has 0 radical (unpaired) electrons. The van der Waals surface area contributed by atoms with Crippen LogP contribution in [-0.4, -0.2) is 35.5 Å². The number of nitrogens with one attached hydrogen (secondary N) is 1. The summed E-state index contributed by atoms with van der Waals surface area (Å²) in [6, 6.07) is -0.571. The molecule has 0 fully saturated rings. The average Bonchev–Trinajstić information content (AvgIpc) is 2.19. The van der Waals surface area contributed by atoms with E-state index in [0.29, 0.717) is 6.42 Å². The second-order valence-electron chi connectivity index (χ2n) is 5.57. The number of amides is 1. The lowest BCUT2D eigenvalue weighted by Gasteiger charge is -2.26. The third kappa shape index (κ3) is 7.58. The van der Waals surface area contributed by atoms with Crippen LogP contribution in [0.3, 0.4) is 0 Å². The number of ether oxygens (including phenoxy) is 1. The van der Waals surface area contributed by atoms with Crippen molar-refractivity contribution >= 4 is 23.6 Å². The van der Waals surface area contributed by atoms with Crippen molar-refractivity contribution in [3.8, 4) is 0 Å². The van der Waals surface area contributed by atoms with E-state index in [-0.39, 0.29) is 17.8 Å². The summed E-state index contributed by atoms with van der Waals surface area (Å²) in [6.45, 7) is 9.24. The van der Waals surface area contributed by atoms with E-state index in [4.69, 9.17) is 4.74 Å². The van der Waals surface area contributed by atoms with Gasteiger partial charge in [-0.05, 0) is 32.9 Å². The van der Waals surface area contributed by atoms with E-state index in [1.165, 1.54) is 0 Å². The van der Waals surface area contributed by atoms with E-state index in [9.17, 15) is 9.59 Å². The lowest BCUT2D eigenvalue weighted by atomic mass is 10.0. The van der Waals surface area contributed by atoms with Crippen LogP contribution in [0.25, 0.3) is 0 Å². The van der Waals surface area contributed by atoms with Gasteiger partial charge in [0.1, 0.15) is 11.6 Å². The van der Waals surface area contributed by atoms with Gasteiger partial charge in [-0.15, -0.1) is 0 Å². The van der Waals surface area contributed by atoms with Crippen molar-refractivity contribution in [2.45, 2.75) is 52.7 Å². The van der Waals surface area contributed by atoms with E-state index < -0.39 is 11.6 Å². The normalized spacial score (nSPS) is 13.3. The highest BCUT2D eigenvalue weighted by Crippen LogP contribution is 2.12. The fourth-order valence-electron chi connectivity index (χ4n) is 1.30. The molecule has 0 aromatic rings. The molecule has 5 heteroatoms. The monoisotopic (exact) mass is 275 g/mol. The molecule has 1 atom stereocenters. The predicted molar refractivity (Wildman–Crippen MR) is 75.6 cm³/mol. The third-order valence-electron chi connectivity index (χ3n) is 2.18.